The summed E-state index contributed by atoms with van der Waals surface area (Å²) in [4.78, 5) is 0. The molecule has 0 radical (unpaired) electrons. The number of rotatable bonds is 45. The lowest BCUT2D eigenvalue weighted by atomic mass is 10.0. The van der Waals surface area contributed by atoms with Gasteiger partial charge < -0.3 is 67.3 Å². The number of hydrogen-bond acceptors (Lipinski definition) is 14. The van der Waals surface area contributed by atoms with Crippen LogP contribution in [-0.4, -0.2) is 159 Å². The van der Waals surface area contributed by atoms with E-state index in [4.69, 9.17) is 67.3 Å². The molecule has 0 saturated carbocycles. The molecular formula is C44H75NO13. The van der Waals surface area contributed by atoms with Crippen LogP contribution in [0.15, 0.2) is 48.5 Å². The fourth-order valence-corrected chi connectivity index (χ4v) is 5.16. The van der Waals surface area contributed by atoms with Crippen molar-refractivity contribution in [2.45, 2.75) is 51.9 Å². The van der Waals surface area contributed by atoms with Crippen LogP contribution in [0.25, 0.3) is 0 Å². The predicted molar refractivity (Wildman–Crippen MR) is 224 cm³/mol. The maximum atomic E-state index is 5.78. The van der Waals surface area contributed by atoms with E-state index >= 15 is 0 Å². The number of hydrogen-bond donors (Lipinski definition) is 1. The molecule has 0 saturated heterocycles. The van der Waals surface area contributed by atoms with Crippen molar-refractivity contribution in [2.75, 3.05) is 164 Å². The van der Waals surface area contributed by atoms with E-state index < -0.39 is 0 Å². The molecule has 0 aliphatic heterocycles. The normalized spacial score (nSPS) is 11.4. The minimum Gasteiger partial charge on any atom is -0.491 e. The molecule has 58 heavy (non-hydrogen) atoms. The highest BCUT2D eigenvalue weighted by Crippen LogP contribution is 2.15. The van der Waals surface area contributed by atoms with Crippen LogP contribution in [0, 0.1) is 0 Å². The van der Waals surface area contributed by atoms with Crippen molar-refractivity contribution in [1.82, 2.24) is 0 Å². The molecule has 2 rings (SSSR count). The first-order chi connectivity index (χ1) is 28.8. The quantitative estimate of drug-likeness (QED) is 0.0633. The van der Waals surface area contributed by atoms with Gasteiger partial charge in [0.2, 0.25) is 0 Å². The van der Waals surface area contributed by atoms with Gasteiger partial charge in [-0.3, -0.25) is 0 Å². The van der Waals surface area contributed by atoms with Gasteiger partial charge in [0.05, 0.1) is 145 Å². The Balaban J connectivity index is 1.15. The summed E-state index contributed by atoms with van der Waals surface area (Å²) in [6.45, 7) is 14.4. The average molecular weight is 826 g/mol. The summed E-state index contributed by atoms with van der Waals surface area (Å²) in [5.74, 6) is 1.65. The Morgan fingerprint density at radius 2 is 0.569 bits per heavy atom. The number of nitrogen functional groups attached to an aromatic ring is 1. The average Bonchev–Trinajstić information content (AvgIpc) is 3.24. The Labute approximate surface area is 348 Å². The third-order valence-corrected chi connectivity index (χ3v) is 8.34. The lowest BCUT2D eigenvalue weighted by Crippen LogP contribution is -2.15. The minimum atomic E-state index is 0.474. The molecule has 0 spiro atoms. The largest absolute Gasteiger partial charge is 0.491 e. The predicted octanol–water partition coefficient (Wildman–Crippen LogP) is 5.81. The fourth-order valence-electron chi connectivity index (χ4n) is 5.16. The van der Waals surface area contributed by atoms with Crippen LogP contribution in [0.3, 0.4) is 0 Å². The molecule has 0 bridgehead atoms. The molecule has 334 valence electrons. The van der Waals surface area contributed by atoms with Crippen molar-refractivity contribution in [3.8, 4) is 11.5 Å². The summed E-state index contributed by atoms with van der Waals surface area (Å²) in [7, 11) is 0. The highest BCUT2D eigenvalue weighted by Gasteiger charge is 2.00. The molecule has 14 heteroatoms. The van der Waals surface area contributed by atoms with Gasteiger partial charge in [0, 0.05) is 5.69 Å². The fraction of sp³-hybridized carbons (Fsp3) is 0.727. The standard InChI is InChI=1S/C44H75NO13/c1-2-3-4-5-6-7-8-41-9-13-43(14-10-41)57-39-37-55-35-33-53-31-29-51-27-25-49-23-21-47-19-17-46-18-20-48-22-24-50-26-28-52-30-32-54-34-36-56-38-40-58-44-15-11-42(45)12-16-44/h9-16H,2-8,17-40,45H2,1H3. The van der Waals surface area contributed by atoms with Crippen LogP contribution in [0.5, 0.6) is 11.5 Å². The van der Waals surface area contributed by atoms with E-state index in [1.54, 1.807) is 12.1 Å². The highest BCUT2D eigenvalue weighted by atomic mass is 16.6. The van der Waals surface area contributed by atoms with E-state index in [-0.39, 0.29) is 0 Å². The third kappa shape index (κ3) is 34.3. The van der Waals surface area contributed by atoms with Crippen molar-refractivity contribution < 1.29 is 61.6 Å². The van der Waals surface area contributed by atoms with Crippen LogP contribution in [-0.2, 0) is 58.5 Å². The zero-order valence-electron chi connectivity index (χ0n) is 35.4. The van der Waals surface area contributed by atoms with Gasteiger partial charge in [-0.1, -0.05) is 51.2 Å². The Hall–Kier alpha value is -2.60. The van der Waals surface area contributed by atoms with E-state index in [9.17, 15) is 0 Å². The van der Waals surface area contributed by atoms with Gasteiger partial charge in [-0.05, 0) is 54.8 Å². The maximum absolute atomic E-state index is 5.78. The number of anilines is 1. The second-order valence-corrected chi connectivity index (χ2v) is 13.2. The van der Waals surface area contributed by atoms with Gasteiger partial charge in [0.25, 0.3) is 0 Å². The van der Waals surface area contributed by atoms with E-state index in [0.29, 0.717) is 164 Å². The van der Waals surface area contributed by atoms with Crippen molar-refractivity contribution >= 4 is 5.69 Å². The summed E-state index contributed by atoms with van der Waals surface area (Å²) >= 11 is 0. The molecular weight excluding hydrogens is 750 g/mol. The Bertz CT molecular complexity index is 1110. The molecule has 0 aliphatic carbocycles. The van der Waals surface area contributed by atoms with Crippen molar-refractivity contribution in [2.24, 2.45) is 0 Å². The van der Waals surface area contributed by atoms with Gasteiger partial charge in [-0.2, -0.15) is 0 Å². The molecule has 0 aromatic heterocycles. The summed E-state index contributed by atoms with van der Waals surface area (Å²) in [6.07, 6.45) is 9.07. The number of ether oxygens (including phenoxy) is 13. The Morgan fingerprint density at radius 3 is 0.879 bits per heavy atom. The van der Waals surface area contributed by atoms with E-state index in [2.05, 4.69) is 19.1 Å². The summed E-state index contributed by atoms with van der Waals surface area (Å²) in [5, 5.41) is 0. The molecule has 0 atom stereocenters. The van der Waals surface area contributed by atoms with E-state index in [1.165, 1.54) is 44.1 Å². The van der Waals surface area contributed by atoms with Crippen LogP contribution >= 0.6 is 0 Å². The summed E-state index contributed by atoms with van der Waals surface area (Å²) in [5.41, 5.74) is 7.74. The summed E-state index contributed by atoms with van der Waals surface area (Å²) in [6, 6.07) is 15.7. The minimum absolute atomic E-state index is 0.474. The molecule has 0 amide bonds. The molecule has 0 heterocycles. The number of aryl methyl sites for hydroxylation is 1. The monoisotopic (exact) mass is 826 g/mol. The smallest absolute Gasteiger partial charge is 0.119 e. The van der Waals surface area contributed by atoms with Crippen LogP contribution in [0.4, 0.5) is 5.69 Å². The number of unbranched alkanes of at least 4 members (excludes halogenated alkanes) is 5. The summed E-state index contributed by atoms with van der Waals surface area (Å²) < 4.78 is 72.1. The molecule has 2 aromatic rings. The first-order valence-electron chi connectivity index (χ1n) is 21.3. The van der Waals surface area contributed by atoms with Gasteiger partial charge in [-0.15, -0.1) is 0 Å². The Morgan fingerprint density at radius 1 is 0.310 bits per heavy atom. The van der Waals surface area contributed by atoms with Crippen LogP contribution in [0.2, 0.25) is 0 Å². The lowest BCUT2D eigenvalue weighted by molar-refractivity contribution is -0.0279. The van der Waals surface area contributed by atoms with E-state index in [0.717, 1.165) is 17.9 Å². The zero-order valence-corrected chi connectivity index (χ0v) is 35.4. The number of nitrogens with two attached hydrogens (primary N) is 1. The zero-order chi connectivity index (χ0) is 41.1. The van der Waals surface area contributed by atoms with Gasteiger partial charge in [0.1, 0.15) is 24.7 Å². The molecule has 0 unspecified atom stereocenters. The molecule has 2 aromatic carbocycles. The first kappa shape index (κ1) is 51.5. The first-order valence-corrected chi connectivity index (χ1v) is 21.3. The van der Waals surface area contributed by atoms with Crippen LogP contribution in [0.1, 0.15) is 51.0 Å². The lowest BCUT2D eigenvalue weighted by Gasteiger charge is -2.09. The third-order valence-electron chi connectivity index (χ3n) is 8.34. The second kappa shape index (κ2) is 41.1. The molecule has 0 aliphatic rings. The molecule has 14 nitrogen and oxygen atoms in total. The van der Waals surface area contributed by atoms with Gasteiger partial charge in [0.15, 0.2) is 0 Å². The Kier molecular flexibility index (Phi) is 36.6. The van der Waals surface area contributed by atoms with Gasteiger partial charge >= 0.3 is 0 Å². The topological polar surface area (TPSA) is 146 Å². The highest BCUT2D eigenvalue weighted by molar-refractivity contribution is 5.41. The van der Waals surface area contributed by atoms with Crippen LogP contribution < -0.4 is 15.2 Å². The van der Waals surface area contributed by atoms with E-state index in [1.807, 2.05) is 24.3 Å². The maximum Gasteiger partial charge on any atom is 0.119 e. The van der Waals surface area contributed by atoms with Crippen molar-refractivity contribution in [3.05, 3.63) is 54.1 Å². The second-order valence-electron chi connectivity index (χ2n) is 13.2. The van der Waals surface area contributed by atoms with Gasteiger partial charge in [-0.25, -0.2) is 0 Å². The molecule has 2 N–H and O–H groups in total. The van der Waals surface area contributed by atoms with Crippen molar-refractivity contribution in [1.29, 1.82) is 0 Å². The van der Waals surface area contributed by atoms with Crippen molar-refractivity contribution in [3.63, 3.8) is 0 Å². The SMILES string of the molecule is CCCCCCCCc1ccc(OCCOCCOCCOCCOCCOCCOCCOCCOCCOCCOCCOCCOc2ccc(N)cc2)cc1. The molecule has 0 fully saturated rings. The number of benzene rings is 2.